The summed E-state index contributed by atoms with van der Waals surface area (Å²) in [6.07, 6.45) is 6.42. The molecule has 34 heavy (non-hydrogen) atoms. The number of benzene rings is 1. The molecule has 1 saturated heterocycles. The summed E-state index contributed by atoms with van der Waals surface area (Å²) in [6, 6.07) is 7.18. The summed E-state index contributed by atoms with van der Waals surface area (Å²) in [6.45, 7) is 4.89. The van der Waals surface area contributed by atoms with E-state index >= 15 is 0 Å². The number of ether oxygens (including phenoxy) is 1. The number of hydrogen-bond donors (Lipinski definition) is 1. The Labute approximate surface area is 198 Å². The third kappa shape index (κ3) is 3.36. The molecule has 3 aliphatic heterocycles. The molecule has 9 nitrogen and oxygen atoms in total. The standard InChI is InChI=1S/C25H30N6O3/c1-15-21(14-34-23(15)32)30-12-11-25(24(30)33)9-7-19(8-10-25)26-16(2)17-3-5-20-18(13-17)4-6-22-27-28-29-31(20)22/h3,5,13,16,19,26H,4,6-12,14H2,1-2H3/t16-,19-,25+/m1/s1. The number of nitrogens with zero attached hydrogens (tertiary/aromatic N) is 5. The van der Waals surface area contributed by atoms with Crippen LogP contribution in [0.5, 0.6) is 0 Å². The molecule has 1 N–H and O–H groups in total. The lowest BCUT2D eigenvalue weighted by molar-refractivity contribution is -0.138. The molecule has 2 aromatic rings. The Morgan fingerprint density at radius 3 is 2.76 bits per heavy atom. The second-order valence-electron chi connectivity index (χ2n) is 10.2. The van der Waals surface area contributed by atoms with Crippen LogP contribution in [0, 0.1) is 5.41 Å². The summed E-state index contributed by atoms with van der Waals surface area (Å²) in [5.41, 5.74) is 4.69. The van der Waals surface area contributed by atoms with Gasteiger partial charge in [-0.15, -0.1) is 5.10 Å². The van der Waals surface area contributed by atoms with Crippen molar-refractivity contribution in [3.8, 4) is 5.69 Å². The maximum Gasteiger partial charge on any atom is 0.336 e. The molecule has 2 fully saturated rings. The van der Waals surface area contributed by atoms with Gasteiger partial charge < -0.3 is 15.0 Å². The number of nitrogens with one attached hydrogen (secondary N) is 1. The molecule has 1 saturated carbocycles. The minimum Gasteiger partial charge on any atom is -0.456 e. The molecule has 1 spiro atoms. The monoisotopic (exact) mass is 462 g/mol. The van der Waals surface area contributed by atoms with Crippen LogP contribution in [0.1, 0.15) is 68.9 Å². The van der Waals surface area contributed by atoms with E-state index in [4.69, 9.17) is 4.74 Å². The summed E-state index contributed by atoms with van der Waals surface area (Å²) >= 11 is 0. The van der Waals surface area contributed by atoms with Gasteiger partial charge in [-0.3, -0.25) is 4.79 Å². The lowest BCUT2D eigenvalue weighted by Crippen LogP contribution is -2.42. The Hall–Kier alpha value is -3.07. The number of aryl methyl sites for hydroxylation is 2. The summed E-state index contributed by atoms with van der Waals surface area (Å²) < 4.78 is 6.98. The topological polar surface area (TPSA) is 102 Å². The smallest absolute Gasteiger partial charge is 0.336 e. The van der Waals surface area contributed by atoms with E-state index in [0.29, 0.717) is 18.2 Å². The molecule has 1 aromatic carbocycles. The molecule has 4 heterocycles. The van der Waals surface area contributed by atoms with Gasteiger partial charge in [0.25, 0.3) is 0 Å². The Balaban J connectivity index is 1.09. The molecule has 0 bridgehead atoms. The number of amides is 1. The zero-order valence-corrected chi connectivity index (χ0v) is 19.7. The van der Waals surface area contributed by atoms with Crippen LogP contribution in [0.3, 0.4) is 0 Å². The van der Waals surface area contributed by atoms with Crippen molar-refractivity contribution in [1.82, 2.24) is 30.4 Å². The lowest BCUT2D eigenvalue weighted by Gasteiger charge is -2.37. The molecular weight excluding hydrogens is 432 g/mol. The van der Waals surface area contributed by atoms with Gasteiger partial charge in [-0.25, -0.2) is 4.79 Å². The largest absolute Gasteiger partial charge is 0.456 e. The maximum atomic E-state index is 13.4. The van der Waals surface area contributed by atoms with Crippen molar-refractivity contribution in [3.63, 3.8) is 0 Å². The van der Waals surface area contributed by atoms with Crippen molar-refractivity contribution < 1.29 is 14.3 Å². The van der Waals surface area contributed by atoms with Crippen molar-refractivity contribution in [3.05, 3.63) is 46.4 Å². The summed E-state index contributed by atoms with van der Waals surface area (Å²) in [5, 5.41) is 15.8. The average molecular weight is 463 g/mol. The molecule has 9 heteroatoms. The van der Waals surface area contributed by atoms with Crippen LogP contribution >= 0.6 is 0 Å². The van der Waals surface area contributed by atoms with E-state index in [2.05, 4.69) is 46.0 Å². The first kappa shape index (κ1) is 21.5. The Bertz CT molecular complexity index is 1190. The third-order valence-corrected chi connectivity index (χ3v) is 8.33. The average Bonchev–Trinajstić information content (AvgIpc) is 3.54. The normalized spacial score (nSPS) is 27.2. The fraction of sp³-hybridized carbons (Fsp3) is 0.560. The van der Waals surface area contributed by atoms with Crippen molar-refractivity contribution in [1.29, 1.82) is 0 Å². The molecule has 178 valence electrons. The first-order valence-corrected chi connectivity index (χ1v) is 12.3. The molecule has 6 rings (SSSR count). The number of tetrazole rings is 1. The maximum absolute atomic E-state index is 13.4. The van der Waals surface area contributed by atoms with E-state index in [-0.39, 0.29) is 29.9 Å². The van der Waals surface area contributed by atoms with Crippen LogP contribution in [0.25, 0.3) is 5.69 Å². The molecule has 1 atom stereocenters. The van der Waals surface area contributed by atoms with Crippen LogP contribution in [0.4, 0.5) is 0 Å². The van der Waals surface area contributed by atoms with E-state index in [9.17, 15) is 9.59 Å². The van der Waals surface area contributed by atoms with E-state index in [1.54, 1.807) is 6.92 Å². The highest BCUT2D eigenvalue weighted by Gasteiger charge is 2.50. The van der Waals surface area contributed by atoms with E-state index < -0.39 is 0 Å². The number of rotatable bonds is 4. The predicted molar refractivity (Wildman–Crippen MR) is 123 cm³/mol. The van der Waals surface area contributed by atoms with Crippen LogP contribution in [0.2, 0.25) is 0 Å². The fourth-order valence-electron chi connectivity index (χ4n) is 6.15. The number of esters is 1. The number of cyclic esters (lactones) is 1. The molecular formula is C25H30N6O3. The highest BCUT2D eigenvalue weighted by Crippen LogP contribution is 2.46. The molecule has 4 aliphatic rings. The van der Waals surface area contributed by atoms with E-state index in [0.717, 1.165) is 62.2 Å². The van der Waals surface area contributed by atoms with Gasteiger partial charge in [-0.2, -0.15) is 4.68 Å². The highest BCUT2D eigenvalue weighted by atomic mass is 16.5. The first-order valence-electron chi connectivity index (χ1n) is 12.3. The molecule has 0 unspecified atom stereocenters. The van der Waals surface area contributed by atoms with Crippen LogP contribution in [-0.2, 0) is 27.2 Å². The first-order chi connectivity index (χ1) is 16.4. The second-order valence-corrected chi connectivity index (χ2v) is 10.2. The van der Waals surface area contributed by atoms with Gasteiger partial charge in [-0.1, -0.05) is 12.1 Å². The van der Waals surface area contributed by atoms with Gasteiger partial charge in [0.05, 0.1) is 22.4 Å². The van der Waals surface area contributed by atoms with E-state index in [1.807, 2.05) is 9.58 Å². The zero-order chi connectivity index (χ0) is 23.4. The number of likely N-dealkylation sites (tertiary alicyclic amines) is 1. The molecule has 1 aromatic heterocycles. The number of carbonyl (C=O) groups is 2. The van der Waals surface area contributed by atoms with Crippen molar-refractivity contribution in [2.24, 2.45) is 5.41 Å². The number of aromatic nitrogens is 4. The predicted octanol–water partition coefficient (Wildman–Crippen LogP) is 2.40. The highest BCUT2D eigenvalue weighted by molar-refractivity contribution is 5.94. The molecule has 1 aliphatic carbocycles. The van der Waals surface area contributed by atoms with Gasteiger partial charge in [0.1, 0.15) is 6.61 Å². The van der Waals surface area contributed by atoms with Crippen LogP contribution in [0.15, 0.2) is 29.5 Å². The van der Waals surface area contributed by atoms with Gasteiger partial charge in [0, 0.05) is 25.0 Å². The van der Waals surface area contributed by atoms with Crippen LogP contribution in [-0.4, -0.2) is 56.2 Å². The summed E-state index contributed by atoms with van der Waals surface area (Å²) in [5.74, 6) is 0.801. The molecule has 0 radical (unpaired) electrons. The number of fused-ring (bicyclic) bond motifs is 3. The van der Waals surface area contributed by atoms with Gasteiger partial charge in [0.2, 0.25) is 5.91 Å². The Kier molecular flexibility index (Phi) is 5.05. The Morgan fingerprint density at radius 1 is 1.18 bits per heavy atom. The zero-order valence-electron chi connectivity index (χ0n) is 19.7. The van der Waals surface area contributed by atoms with Gasteiger partial charge in [-0.05, 0) is 80.0 Å². The van der Waals surface area contributed by atoms with Crippen molar-refractivity contribution >= 4 is 11.9 Å². The summed E-state index contributed by atoms with van der Waals surface area (Å²) in [7, 11) is 0. The lowest BCUT2D eigenvalue weighted by atomic mass is 9.71. The van der Waals surface area contributed by atoms with Gasteiger partial charge >= 0.3 is 5.97 Å². The van der Waals surface area contributed by atoms with Crippen molar-refractivity contribution in [2.45, 2.75) is 70.9 Å². The third-order valence-electron chi connectivity index (χ3n) is 8.33. The fourth-order valence-corrected chi connectivity index (χ4v) is 6.15. The minimum atomic E-state index is -0.300. The second kappa shape index (κ2) is 8.01. The summed E-state index contributed by atoms with van der Waals surface area (Å²) in [4.78, 5) is 26.9. The number of carbonyl (C=O) groups excluding carboxylic acids is 2. The Morgan fingerprint density at radius 2 is 2.00 bits per heavy atom. The van der Waals surface area contributed by atoms with Gasteiger partial charge in [0.15, 0.2) is 5.82 Å². The van der Waals surface area contributed by atoms with Crippen LogP contribution < -0.4 is 5.32 Å². The SMILES string of the molecule is CC1=C(N2CC[C@]3(CC[C@H](N[C@H](C)c4ccc5c(c4)CCc4nnnn4-5)CC3)C2=O)COC1=O. The number of hydrogen-bond acceptors (Lipinski definition) is 7. The molecule has 1 amide bonds. The van der Waals surface area contributed by atoms with Crippen molar-refractivity contribution in [2.75, 3.05) is 13.2 Å². The quantitative estimate of drug-likeness (QED) is 0.696. The van der Waals surface area contributed by atoms with E-state index in [1.165, 1.54) is 11.1 Å². The minimum absolute atomic E-state index is 0.184.